The van der Waals surface area contributed by atoms with Gasteiger partial charge in [-0.1, -0.05) is 37.3 Å². The van der Waals surface area contributed by atoms with Crippen molar-refractivity contribution in [3.63, 3.8) is 0 Å². The van der Waals surface area contributed by atoms with Crippen molar-refractivity contribution in [1.29, 1.82) is 0 Å². The molecule has 0 bridgehead atoms. The van der Waals surface area contributed by atoms with Crippen LogP contribution >= 0.6 is 37.2 Å². The maximum absolute atomic E-state index is 5.79. The Bertz CT molecular complexity index is 191. The quantitative estimate of drug-likeness (QED) is 0.848. The normalized spacial score (nSPS) is 10.0. The van der Waals surface area contributed by atoms with Crippen LogP contribution in [-0.4, -0.2) is 0 Å². The Labute approximate surface area is 98.3 Å². The highest BCUT2D eigenvalue weighted by Gasteiger charge is 1.99. The molecule has 78 valence electrons. The Morgan fingerprint density at radius 1 is 1.08 bits per heavy atom. The molecule has 0 spiro atoms. The third-order valence-corrected chi connectivity index (χ3v) is 1.67. The van der Waals surface area contributed by atoms with Crippen molar-refractivity contribution in [2.24, 2.45) is 5.73 Å². The molecular formula is C9H16Cl3N. The van der Waals surface area contributed by atoms with E-state index >= 15 is 0 Å². The van der Waals surface area contributed by atoms with Crippen molar-refractivity contribution in [3.05, 3.63) is 35.9 Å². The second kappa shape index (κ2) is 10.1. The van der Waals surface area contributed by atoms with Gasteiger partial charge in [-0.2, -0.15) is 0 Å². The molecule has 1 aromatic carbocycles. The summed E-state index contributed by atoms with van der Waals surface area (Å²) in [5.74, 6) is 0. The van der Waals surface area contributed by atoms with Gasteiger partial charge in [0.1, 0.15) is 0 Å². The molecule has 0 aliphatic carbocycles. The molecule has 0 aliphatic rings. The second-order valence-corrected chi connectivity index (χ2v) is 2.43. The zero-order valence-corrected chi connectivity index (χ0v) is 9.92. The topological polar surface area (TPSA) is 26.0 Å². The van der Waals surface area contributed by atoms with Gasteiger partial charge in [0.05, 0.1) is 0 Å². The molecule has 0 saturated carbocycles. The number of hydrogen-bond donors (Lipinski definition) is 1. The molecule has 0 fully saturated rings. The van der Waals surface area contributed by atoms with E-state index < -0.39 is 0 Å². The molecular weight excluding hydrogens is 228 g/mol. The van der Waals surface area contributed by atoms with Gasteiger partial charge in [0.2, 0.25) is 0 Å². The predicted molar refractivity (Wildman–Crippen MR) is 65.4 cm³/mol. The van der Waals surface area contributed by atoms with Crippen LogP contribution in [0, 0.1) is 0 Å². The lowest BCUT2D eigenvalue weighted by atomic mass is 10.1. The molecule has 2 N–H and O–H groups in total. The van der Waals surface area contributed by atoms with E-state index in [0.717, 1.165) is 6.42 Å². The van der Waals surface area contributed by atoms with Gasteiger partial charge in [-0.3, -0.25) is 0 Å². The third kappa shape index (κ3) is 6.17. The molecule has 13 heavy (non-hydrogen) atoms. The van der Waals surface area contributed by atoms with Crippen LogP contribution in [0.25, 0.3) is 0 Å². The smallest absolute Gasteiger partial charge is 0.0292 e. The molecule has 1 rings (SSSR count). The van der Waals surface area contributed by atoms with Crippen LogP contribution in [-0.2, 0) is 0 Å². The highest BCUT2D eigenvalue weighted by Crippen LogP contribution is 2.11. The van der Waals surface area contributed by atoms with Crippen LogP contribution < -0.4 is 5.73 Å². The van der Waals surface area contributed by atoms with Crippen LogP contribution in [0.15, 0.2) is 30.3 Å². The average molecular weight is 245 g/mol. The van der Waals surface area contributed by atoms with Crippen LogP contribution in [0.5, 0.6) is 0 Å². The van der Waals surface area contributed by atoms with E-state index in [4.69, 9.17) is 5.73 Å². The maximum Gasteiger partial charge on any atom is 0.0292 e. The molecule has 0 heterocycles. The number of nitrogens with two attached hydrogens (primary N) is 1. The van der Waals surface area contributed by atoms with E-state index in [2.05, 4.69) is 19.1 Å². The molecule has 1 nitrogen and oxygen atoms in total. The Kier molecular flexibility index (Phi) is 14.6. The van der Waals surface area contributed by atoms with Crippen LogP contribution in [0.3, 0.4) is 0 Å². The summed E-state index contributed by atoms with van der Waals surface area (Å²) in [7, 11) is 0. The maximum atomic E-state index is 5.79. The van der Waals surface area contributed by atoms with Crippen molar-refractivity contribution < 1.29 is 0 Å². The minimum atomic E-state index is 0. The summed E-state index contributed by atoms with van der Waals surface area (Å²) in [5, 5.41) is 0. The molecule has 0 aromatic heterocycles. The summed E-state index contributed by atoms with van der Waals surface area (Å²) in [6.07, 6.45) is 1.00. The summed E-state index contributed by atoms with van der Waals surface area (Å²) in [4.78, 5) is 0. The van der Waals surface area contributed by atoms with E-state index in [0.29, 0.717) is 0 Å². The SMILES string of the molecule is CCC(N)c1ccccc1.Cl.Cl.Cl. The van der Waals surface area contributed by atoms with Gasteiger partial charge in [0.25, 0.3) is 0 Å². The lowest BCUT2D eigenvalue weighted by Crippen LogP contribution is -2.07. The fraction of sp³-hybridized carbons (Fsp3) is 0.333. The second-order valence-electron chi connectivity index (χ2n) is 2.43. The standard InChI is InChI=1S/C9H13N.3ClH/c1-2-9(10)8-6-4-3-5-7-8;;;/h3-7,9H,2,10H2,1H3;3*1H. The first-order valence-corrected chi connectivity index (χ1v) is 3.65. The molecule has 1 unspecified atom stereocenters. The molecule has 0 radical (unpaired) electrons. The van der Waals surface area contributed by atoms with Crippen LogP contribution in [0.1, 0.15) is 24.9 Å². The summed E-state index contributed by atoms with van der Waals surface area (Å²) in [6.45, 7) is 2.09. The van der Waals surface area contributed by atoms with Crippen LogP contribution in [0.2, 0.25) is 0 Å². The zero-order valence-electron chi connectivity index (χ0n) is 7.47. The highest BCUT2D eigenvalue weighted by atomic mass is 35.5. The van der Waals surface area contributed by atoms with Gasteiger partial charge in [0.15, 0.2) is 0 Å². The largest absolute Gasteiger partial charge is 0.324 e. The molecule has 4 heteroatoms. The Balaban J connectivity index is -0.000000333. The van der Waals surface area contributed by atoms with Gasteiger partial charge in [0, 0.05) is 6.04 Å². The Morgan fingerprint density at radius 2 is 1.54 bits per heavy atom. The van der Waals surface area contributed by atoms with E-state index in [-0.39, 0.29) is 43.3 Å². The summed E-state index contributed by atoms with van der Waals surface area (Å²) in [5.41, 5.74) is 7.02. The van der Waals surface area contributed by atoms with E-state index in [1.165, 1.54) is 5.56 Å². The highest BCUT2D eigenvalue weighted by molar-refractivity contribution is 5.86. The fourth-order valence-electron chi connectivity index (χ4n) is 0.936. The Hall–Kier alpha value is 0.0500. The van der Waals surface area contributed by atoms with Crippen molar-refractivity contribution in [2.75, 3.05) is 0 Å². The minimum absolute atomic E-state index is 0. The predicted octanol–water partition coefficient (Wildman–Crippen LogP) is 3.36. The number of rotatable bonds is 2. The van der Waals surface area contributed by atoms with Gasteiger partial charge in [-0.15, -0.1) is 37.2 Å². The van der Waals surface area contributed by atoms with Crippen LogP contribution in [0.4, 0.5) is 0 Å². The van der Waals surface area contributed by atoms with Crippen molar-refractivity contribution in [2.45, 2.75) is 19.4 Å². The summed E-state index contributed by atoms with van der Waals surface area (Å²) >= 11 is 0. The zero-order chi connectivity index (χ0) is 7.40. The van der Waals surface area contributed by atoms with E-state index in [9.17, 15) is 0 Å². The molecule has 1 atom stereocenters. The van der Waals surface area contributed by atoms with Gasteiger partial charge < -0.3 is 5.73 Å². The summed E-state index contributed by atoms with van der Waals surface area (Å²) in [6, 6.07) is 10.4. The lowest BCUT2D eigenvalue weighted by Gasteiger charge is -2.06. The van der Waals surface area contributed by atoms with Gasteiger partial charge in [-0.05, 0) is 12.0 Å². The number of halogens is 3. The minimum Gasteiger partial charge on any atom is -0.324 e. The number of benzene rings is 1. The molecule has 0 aliphatic heterocycles. The average Bonchev–Trinajstić information content (AvgIpc) is 2.05. The Morgan fingerprint density at radius 3 is 1.92 bits per heavy atom. The number of hydrogen-bond acceptors (Lipinski definition) is 1. The molecule has 1 aromatic rings. The fourth-order valence-corrected chi connectivity index (χ4v) is 0.936. The first-order valence-electron chi connectivity index (χ1n) is 3.65. The van der Waals surface area contributed by atoms with E-state index in [1.54, 1.807) is 0 Å². The first-order chi connectivity index (χ1) is 4.84. The monoisotopic (exact) mass is 243 g/mol. The van der Waals surface area contributed by atoms with Crippen molar-refractivity contribution in [3.8, 4) is 0 Å². The molecule has 0 saturated heterocycles. The first kappa shape index (κ1) is 18.8. The van der Waals surface area contributed by atoms with Gasteiger partial charge >= 0.3 is 0 Å². The summed E-state index contributed by atoms with van der Waals surface area (Å²) < 4.78 is 0. The van der Waals surface area contributed by atoms with E-state index in [1.807, 2.05) is 18.2 Å². The van der Waals surface area contributed by atoms with Crippen molar-refractivity contribution >= 4 is 37.2 Å². The van der Waals surface area contributed by atoms with Crippen molar-refractivity contribution in [1.82, 2.24) is 0 Å². The third-order valence-electron chi connectivity index (χ3n) is 1.67. The van der Waals surface area contributed by atoms with Gasteiger partial charge in [-0.25, -0.2) is 0 Å². The lowest BCUT2D eigenvalue weighted by molar-refractivity contribution is 0.699. The molecule has 0 amide bonds.